The highest BCUT2D eigenvalue weighted by molar-refractivity contribution is 9.10. The predicted molar refractivity (Wildman–Crippen MR) is 91.9 cm³/mol. The second-order valence-corrected chi connectivity index (χ2v) is 7.99. The summed E-state index contributed by atoms with van der Waals surface area (Å²) in [5.74, 6) is -0.242. The van der Waals surface area contributed by atoms with Crippen molar-refractivity contribution in [2.45, 2.75) is 23.8 Å². The van der Waals surface area contributed by atoms with E-state index in [2.05, 4.69) is 26.0 Å². The number of hydrogen-bond acceptors (Lipinski definition) is 3. The fourth-order valence-corrected chi connectivity index (χ4v) is 3.40. The number of nitrogens with one attached hydrogen (secondary N) is 2. The molecule has 0 aliphatic heterocycles. The lowest BCUT2D eigenvalue weighted by Gasteiger charge is -2.10. The molecule has 1 fully saturated rings. The van der Waals surface area contributed by atoms with Crippen LogP contribution in [0.4, 0.5) is 5.69 Å². The van der Waals surface area contributed by atoms with Crippen LogP contribution in [0.15, 0.2) is 57.9 Å². The summed E-state index contributed by atoms with van der Waals surface area (Å²) in [6, 6.07) is 13.1. The second-order valence-electron chi connectivity index (χ2n) is 5.39. The summed E-state index contributed by atoms with van der Waals surface area (Å²) in [7, 11) is -3.74. The average molecular weight is 395 g/mol. The maximum atomic E-state index is 12.4. The van der Waals surface area contributed by atoms with Crippen molar-refractivity contribution in [1.29, 1.82) is 0 Å². The molecule has 1 saturated carbocycles. The largest absolute Gasteiger partial charge is 0.349 e. The third-order valence-corrected chi connectivity index (χ3v) is 5.32. The standard InChI is InChI=1S/C16H15BrN2O3S/c17-12-4-6-14(7-5-12)19-23(21,22)15-3-1-2-11(10-15)16(20)18-13-8-9-13/h1-7,10,13,19H,8-9H2,(H,18,20). The molecule has 0 bridgehead atoms. The molecule has 0 saturated heterocycles. The van der Waals surface area contributed by atoms with Crippen molar-refractivity contribution < 1.29 is 13.2 Å². The monoisotopic (exact) mass is 394 g/mol. The molecule has 0 heterocycles. The molecule has 0 spiro atoms. The van der Waals surface area contributed by atoms with Crippen LogP contribution in [-0.4, -0.2) is 20.4 Å². The molecule has 120 valence electrons. The topological polar surface area (TPSA) is 75.3 Å². The van der Waals surface area contributed by atoms with Gasteiger partial charge in [0.05, 0.1) is 4.90 Å². The first-order valence-corrected chi connectivity index (χ1v) is 9.41. The number of rotatable bonds is 5. The minimum Gasteiger partial charge on any atom is -0.349 e. The van der Waals surface area contributed by atoms with Gasteiger partial charge in [0.15, 0.2) is 0 Å². The first kappa shape index (κ1) is 16.0. The summed E-state index contributed by atoms with van der Waals surface area (Å²) in [5.41, 5.74) is 0.802. The molecule has 7 heteroatoms. The molecule has 2 aromatic carbocycles. The van der Waals surface area contributed by atoms with Gasteiger partial charge in [0, 0.05) is 21.8 Å². The maximum Gasteiger partial charge on any atom is 0.261 e. The molecule has 1 amide bonds. The van der Waals surface area contributed by atoms with E-state index in [1.165, 1.54) is 12.1 Å². The Kier molecular flexibility index (Phi) is 4.41. The van der Waals surface area contributed by atoms with Gasteiger partial charge in [-0.1, -0.05) is 22.0 Å². The van der Waals surface area contributed by atoms with Crippen molar-refractivity contribution in [2.75, 3.05) is 4.72 Å². The Morgan fingerprint density at radius 1 is 1.09 bits per heavy atom. The van der Waals surface area contributed by atoms with Gasteiger partial charge < -0.3 is 5.32 Å². The summed E-state index contributed by atoms with van der Waals surface area (Å²) in [5, 5.41) is 2.85. The van der Waals surface area contributed by atoms with Gasteiger partial charge in [-0.2, -0.15) is 0 Å². The highest BCUT2D eigenvalue weighted by Gasteiger charge is 2.24. The van der Waals surface area contributed by atoms with Gasteiger partial charge in [0.2, 0.25) is 0 Å². The van der Waals surface area contributed by atoms with Crippen LogP contribution >= 0.6 is 15.9 Å². The SMILES string of the molecule is O=C(NC1CC1)c1cccc(S(=O)(=O)Nc2ccc(Br)cc2)c1. The Labute approximate surface area is 143 Å². The first-order chi connectivity index (χ1) is 10.9. The molecule has 0 radical (unpaired) electrons. The number of sulfonamides is 1. The van der Waals surface area contributed by atoms with Crippen LogP contribution in [0.1, 0.15) is 23.2 Å². The van der Waals surface area contributed by atoms with E-state index in [0.717, 1.165) is 17.3 Å². The molecule has 2 N–H and O–H groups in total. The summed E-state index contributed by atoms with van der Waals surface area (Å²) >= 11 is 3.30. The van der Waals surface area contributed by atoms with E-state index < -0.39 is 10.0 Å². The van der Waals surface area contributed by atoms with Crippen molar-refractivity contribution in [1.82, 2.24) is 5.32 Å². The van der Waals surface area contributed by atoms with Gasteiger partial charge in [-0.05, 0) is 55.3 Å². The summed E-state index contributed by atoms with van der Waals surface area (Å²) in [4.78, 5) is 12.1. The van der Waals surface area contributed by atoms with E-state index in [1.54, 1.807) is 36.4 Å². The van der Waals surface area contributed by atoms with Crippen molar-refractivity contribution in [3.05, 3.63) is 58.6 Å². The number of amides is 1. The number of hydrogen-bond donors (Lipinski definition) is 2. The predicted octanol–water partition coefficient (Wildman–Crippen LogP) is 3.14. The highest BCUT2D eigenvalue weighted by Crippen LogP contribution is 2.21. The fourth-order valence-electron chi connectivity index (χ4n) is 2.03. The normalized spacial score (nSPS) is 14.3. The Morgan fingerprint density at radius 3 is 2.43 bits per heavy atom. The van der Waals surface area contributed by atoms with E-state index in [9.17, 15) is 13.2 Å². The number of carbonyl (C=O) groups is 1. The third kappa shape index (κ3) is 4.11. The zero-order valence-electron chi connectivity index (χ0n) is 12.1. The molecule has 0 aromatic heterocycles. The summed E-state index contributed by atoms with van der Waals surface area (Å²) < 4.78 is 28.2. The molecule has 23 heavy (non-hydrogen) atoms. The third-order valence-electron chi connectivity index (χ3n) is 3.42. The minimum atomic E-state index is -3.74. The van der Waals surface area contributed by atoms with Gasteiger partial charge in [-0.15, -0.1) is 0 Å². The Hall–Kier alpha value is -1.86. The Bertz CT molecular complexity index is 831. The summed E-state index contributed by atoms with van der Waals surface area (Å²) in [6.07, 6.45) is 1.96. The fraction of sp³-hybridized carbons (Fsp3) is 0.188. The zero-order valence-corrected chi connectivity index (χ0v) is 14.5. The van der Waals surface area contributed by atoms with E-state index in [-0.39, 0.29) is 16.8 Å². The Morgan fingerprint density at radius 2 is 1.78 bits per heavy atom. The number of halogens is 1. The lowest BCUT2D eigenvalue weighted by Crippen LogP contribution is -2.25. The molecule has 5 nitrogen and oxygen atoms in total. The highest BCUT2D eigenvalue weighted by atomic mass is 79.9. The molecule has 0 unspecified atom stereocenters. The van der Waals surface area contributed by atoms with E-state index in [0.29, 0.717) is 11.3 Å². The minimum absolute atomic E-state index is 0.0591. The van der Waals surface area contributed by atoms with Crippen LogP contribution in [0.3, 0.4) is 0 Å². The number of anilines is 1. The van der Waals surface area contributed by atoms with Crippen LogP contribution < -0.4 is 10.0 Å². The molecule has 3 rings (SSSR count). The van der Waals surface area contributed by atoms with E-state index >= 15 is 0 Å². The van der Waals surface area contributed by atoms with Crippen molar-refractivity contribution in [3.8, 4) is 0 Å². The molecule has 1 aliphatic rings. The quantitative estimate of drug-likeness (QED) is 0.817. The number of carbonyl (C=O) groups excluding carboxylic acids is 1. The van der Waals surface area contributed by atoms with Crippen LogP contribution in [0.5, 0.6) is 0 Å². The van der Waals surface area contributed by atoms with E-state index in [1.807, 2.05) is 0 Å². The van der Waals surface area contributed by atoms with Crippen molar-refractivity contribution >= 4 is 37.5 Å². The van der Waals surface area contributed by atoms with Crippen molar-refractivity contribution in [2.24, 2.45) is 0 Å². The summed E-state index contributed by atoms with van der Waals surface area (Å²) in [6.45, 7) is 0. The van der Waals surface area contributed by atoms with Gasteiger partial charge >= 0.3 is 0 Å². The molecule has 1 aliphatic carbocycles. The second kappa shape index (κ2) is 6.33. The molecule has 2 aromatic rings. The van der Waals surface area contributed by atoms with Crippen LogP contribution in [0, 0.1) is 0 Å². The van der Waals surface area contributed by atoms with Crippen molar-refractivity contribution in [3.63, 3.8) is 0 Å². The van der Waals surface area contributed by atoms with Gasteiger partial charge in [-0.3, -0.25) is 9.52 Å². The molecule has 0 atom stereocenters. The van der Waals surface area contributed by atoms with Gasteiger partial charge in [0.25, 0.3) is 15.9 Å². The van der Waals surface area contributed by atoms with Gasteiger partial charge in [0.1, 0.15) is 0 Å². The lowest BCUT2D eigenvalue weighted by atomic mass is 10.2. The van der Waals surface area contributed by atoms with Crippen LogP contribution in [0.2, 0.25) is 0 Å². The lowest BCUT2D eigenvalue weighted by molar-refractivity contribution is 0.0951. The first-order valence-electron chi connectivity index (χ1n) is 7.13. The maximum absolute atomic E-state index is 12.4. The van der Waals surface area contributed by atoms with Crippen LogP contribution in [-0.2, 0) is 10.0 Å². The van der Waals surface area contributed by atoms with Gasteiger partial charge in [-0.25, -0.2) is 8.42 Å². The number of benzene rings is 2. The van der Waals surface area contributed by atoms with E-state index in [4.69, 9.17) is 0 Å². The Balaban J connectivity index is 1.81. The van der Waals surface area contributed by atoms with Crippen LogP contribution in [0.25, 0.3) is 0 Å². The average Bonchev–Trinajstić information content (AvgIpc) is 3.33. The molecular weight excluding hydrogens is 380 g/mol. The zero-order chi connectivity index (χ0) is 16.4. The molecular formula is C16H15BrN2O3S. The smallest absolute Gasteiger partial charge is 0.261 e.